The lowest BCUT2D eigenvalue weighted by Crippen LogP contribution is -2.15. The second kappa shape index (κ2) is 5.75. The van der Waals surface area contributed by atoms with Crippen molar-refractivity contribution < 1.29 is 4.79 Å². The fourth-order valence-electron chi connectivity index (χ4n) is 3.13. The summed E-state index contributed by atoms with van der Waals surface area (Å²) in [7, 11) is 1.72. The molecule has 0 unspecified atom stereocenters. The van der Waals surface area contributed by atoms with Crippen LogP contribution in [0.15, 0.2) is 59.5 Å². The summed E-state index contributed by atoms with van der Waals surface area (Å²) in [6.07, 6.45) is 1.66. The number of carbonyl (C=O) groups excluding carboxylic acids is 1. The van der Waals surface area contributed by atoms with E-state index >= 15 is 0 Å². The third-order valence-electron chi connectivity index (χ3n) is 4.46. The Morgan fingerprint density at radius 3 is 2.78 bits per heavy atom. The van der Waals surface area contributed by atoms with Gasteiger partial charge in [0.2, 0.25) is 0 Å². The first kappa shape index (κ1) is 15.7. The number of aromatic nitrogens is 4. The number of benzene rings is 1. The van der Waals surface area contributed by atoms with Crippen LogP contribution < -0.4 is 10.9 Å². The summed E-state index contributed by atoms with van der Waals surface area (Å²) < 4.78 is 4.10. The van der Waals surface area contributed by atoms with Crippen molar-refractivity contribution in [3.8, 4) is 0 Å². The van der Waals surface area contributed by atoms with Gasteiger partial charge in [-0.2, -0.15) is 0 Å². The van der Waals surface area contributed by atoms with Gasteiger partial charge >= 0.3 is 0 Å². The van der Waals surface area contributed by atoms with Crippen molar-refractivity contribution in [2.45, 2.75) is 0 Å². The van der Waals surface area contributed by atoms with E-state index in [0.29, 0.717) is 27.5 Å². The molecular formula is C19H13N5O2S. The SMILES string of the molecule is Cn1c(C(=O)Nc2nc3ccccc3s2)cc2c(=O)n3ccccc3nc21. The van der Waals surface area contributed by atoms with Crippen molar-refractivity contribution in [3.05, 3.63) is 70.8 Å². The van der Waals surface area contributed by atoms with E-state index in [4.69, 9.17) is 0 Å². The lowest BCUT2D eigenvalue weighted by molar-refractivity contribution is 0.101. The Bertz CT molecular complexity index is 1380. The molecule has 5 rings (SSSR count). The van der Waals surface area contributed by atoms with Crippen molar-refractivity contribution in [1.82, 2.24) is 18.9 Å². The average Bonchev–Trinajstić information content (AvgIpc) is 3.23. The molecule has 1 amide bonds. The van der Waals surface area contributed by atoms with Crippen LogP contribution in [0.4, 0.5) is 5.13 Å². The van der Waals surface area contributed by atoms with Crippen LogP contribution in [0.2, 0.25) is 0 Å². The van der Waals surface area contributed by atoms with Gasteiger partial charge < -0.3 is 4.57 Å². The zero-order valence-corrected chi connectivity index (χ0v) is 15.0. The number of carbonyl (C=O) groups is 1. The van der Waals surface area contributed by atoms with Crippen molar-refractivity contribution in [2.75, 3.05) is 5.32 Å². The Morgan fingerprint density at radius 2 is 1.93 bits per heavy atom. The largest absolute Gasteiger partial charge is 0.324 e. The maximum absolute atomic E-state index is 12.8. The summed E-state index contributed by atoms with van der Waals surface area (Å²) in [5, 5.41) is 3.74. The maximum atomic E-state index is 12.8. The molecule has 132 valence electrons. The van der Waals surface area contributed by atoms with Gasteiger partial charge in [-0.25, -0.2) is 9.97 Å². The highest BCUT2D eigenvalue weighted by atomic mass is 32.1. The van der Waals surface area contributed by atoms with E-state index in [-0.39, 0.29) is 11.5 Å². The zero-order valence-electron chi connectivity index (χ0n) is 14.2. The minimum Gasteiger partial charge on any atom is -0.324 e. The van der Waals surface area contributed by atoms with Crippen LogP contribution in [-0.2, 0) is 7.05 Å². The second-order valence-corrected chi connectivity index (χ2v) is 7.14. The molecule has 0 spiro atoms. The number of nitrogens with zero attached hydrogens (tertiary/aromatic N) is 4. The Hall–Kier alpha value is -3.52. The number of pyridine rings is 1. The Labute approximate surface area is 156 Å². The summed E-state index contributed by atoms with van der Waals surface area (Å²) in [5.74, 6) is -0.331. The molecule has 1 N–H and O–H groups in total. The van der Waals surface area contributed by atoms with Crippen LogP contribution in [0.25, 0.3) is 26.9 Å². The molecule has 4 heterocycles. The number of fused-ring (bicyclic) bond motifs is 3. The number of para-hydroxylation sites is 1. The average molecular weight is 375 g/mol. The monoisotopic (exact) mass is 375 g/mol. The molecular weight excluding hydrogens is 362 g/mol. The predicted octanol–water partition coefficient (Wildman–Crippen LogP) is 3.05. The van der Waals surface area contributed by atoms with E-state index in [1.165, 1.54) is 15.7 Å². The van der Waals surface area contributed by atoms with Crippen LogP contribution in [0.3, 0.4) is 0 Å². The molecule has 1 aromatic carbocycles. The molecule has 7 nitrogen and oxygen atoms in total. The third kappa shape index (κ3) is 2.42. The molecule has 27 heavy (non-hydrogen) atoms. The van der Waals surface area contributed by atoms with Gasteiger partial charge in [-0.1, -0.05) is 29.5 Å². The van der Waals surface area contributed by atoms with Gasteiger partial charge in [0.25, 0.3) is 11.5 Å². The number of aryl methyl sites for hydroxylation is 1. The highest BCUT2D eigenvalue weighted by Gasteiger charge is 2.18. The number of thiazole rings is 1. The predicted molar refractivity (Wildman–Crippen MR) is 106 cm³/mol. The van der Waals surface area contributed by atoms with E-state index < -0.39 is 0 Å². The highest BCUT2D eigenvalue weighted by molar-refractivity contribution is 7.22. The normalized spacial score (nSPS) is 11.4. The van der Waals surface area contributed by atoms with E-state index in [0.717, 1.165) is 10.2 Å². The highest BCUT2D eigenvalue weighted by Crippen LogP contribution is 2.26. The van der Waals surface area contributed by atoms with Crippen LogP contribution in [-0.4, -0.2) is 24.8 Å². The topological polar surface area (TPSA) is 81.3 Å². The molecule has 0 bridgehead atoms. The Kier molecular flexibility index (Phi) is 3.34. The number of amides is 1. The molecule has 0 saturated heterocycles. The van der Waals surface area contributed by atoms with E-state index in [9.17, 15) is 9.59 Å². The number of anilines is 1. The first-order valence-corrected chi connectivity index (χ1v) is 9.07. The minimum atomic E-state index is -0.331. The van der Waals surface area contributed by atoms with Crippen molar-refractivity contribution >= 4 is 49.3 Å². The molecule has 5 aromatic rings. The van der Waals surface area contributed by atoms with Gasteiger partial charge in [0, 0.05) is 13.2 Å². The number of hydrogen-bond donors (Lipinski definition) is 1. The summed E-state index contributed by atoms with van der Waals surface area (Å²) in [6.45, 7) is 0. The number of nitrogens with one attached hydrogen (secondary N) is 1. The molecule has 0 atom stereocenters. The fraction of sp³-hybridized carbons (Fsp3) is 0.0526. The molecule has 0 aliphatic heterocycles. The van der Waals surface area contributed by atoms with Gasteiger partial charge in [-0.3, -0.25) is 19.3 Å². The zero-order chi connectivity index (χ0) is 18.5. The summed E-state index contributed by atoms with van der Waals surface area (Å²) in [4.78, 5) is 34.4. The van der Waals surface area contributed by atoms with Gasteiger partial charge in [0.15, 0.2) is 5.13 Å². The van der Waals surface area contributed by atoms with E-state index in [2.05, 4.69) is 15.3 Å². The fourth-order valence-corrected chi connectivity index (χ4v) is 3.99. The number of rotatable bonds is 2. The van der Waals surface area contributed by atoms with E-state index in [1.807, 2.05) is 30.3 Å². The Balaban J connectivity index is 1.60. The van der Waals surface area contributed by atoms with E-state index in [1.54, 1.807) is 36.0 Å². The quantitative estimate of drug-likeness (QED) is 0.514. The molecule has 0 aliphatic rings. The summed E-state index contributed by atoms with van der Waals surface area (Å²) in [5.41, 5.74) is 1.99. The summed E-state index contributed by atoms with van der Waals surface area (Å²) >= 11 is 1.40. The van der Waals surface area contributed by atoms with Crippen molar-refractivity contribution in [1.29, 1.82) is 0 Å². The van der Waals surface area contributed by atoms with Gasteiger partial charge in [-0.05, 0) is 30.3 Å². The summed E-state index contributed by atoms with van der Waals surface area (Å²) in [6, 6.07) is 14.6. The number of hydrogen-bond acceptors (Lipinski definition) is 5. The van der Waals surface area contributed by atoms with Crippen LogP contribution in [0.5, 0.6) is 0 Å². The molecule has 0 fully saturated rings. The first-order chi connectivity index (χ1) is 13.1. The van der Waals surface area contributed by atoms with Crippen LogP contribution >= 0.6 is 11.3 Å². The maximum Gasteiger partial charge on any atom is 0.274 e. The first-order valence-electron chi connectivity index (χ1n) is 8.25. The van der Waals surface area contributed by atoms with Gasteiger partial charge in [-0.15, -0.1) is 0 Å². The van der Waals surface area contributed by atoms with Gasteiger partial charge in [0.1, 0.15) is 17.0 Å². The standard InChI is InChI=1S/C19H13N5O2S/c1-23-13(17(25)22-19-20-12-6-2-3-7-14(12)27-19)10-11-16(23)21-15-8-4-5-9-24(15)18(11)26/h2-10H,1H3,(H,20,22,25). The lowest BCUT2D eigenvalue weighted by atomic mass is 10.3. The van der Waals surface area contributed by atoms with Crippen molar-refractivity contribution in [3.63, 3.8) is 0 Å². The minimum absolute atomic E-state index is 0.203. The Morgan fingerprint density at radius 1 is 1.11 bits per heavy atom. The smallest absolute Gasteiger partial charge is 0.274 e. The van der Waals surface area contributed by atoms with Crippen LogP contribution in [0.1, 0.15) is 10.5 Å². The molecule has 0 aliphatic carbocycles. The van der Waals surface area contributed by atoms with Crippen LogP contribution in [0, 0.1) is 0 Å². The molecule has 0 radical (unpaired) electrons. The van der Waals surface area contributed by atoms with Gasteiger partial charge in [0.05, 0.1) is 15.6 Å². The molecule has 4 aromatic heterocycles. The molecule has 8 heteroatoms. The lowest BCUT2D eigenvalue weighted by Gasteiger charge is -2.04. The third-order valence-corrected chi connectivity index (χ3v) is 5.41. The molecule has 0 saturated carbocycles. The second-order valence-electron chi connectivity index (χ2n) is 6.11. The van der Waals surface area contributed by atoms with Crippen molar-refractivity contribution in [2.24, 2.45) is 7.05 Å².